The van der Waals surface area contributed by atoms with Crippen molar-refractivity contribution in [2.75, 3.05) is 11.9 Å². The van der Waals surface area contributed by atoms with Crippen molar-refractivity contribution in [3.05, 3.63) is 82.6 Å². The molecule has 0 radical (unpaired) electrons. The Morgan fingerprint density at radius 2 is 1.71 bits per heavy atom. The van der Waals surface area contributed by atoms with E-state index in [1.54, 1.807) is 28.8 Å². The summed E-state index contributed by atoms with van der Waals surface area (Å²) in [5.41, 5.74) is 2.66. The van der Waals surface area contributed by atoms with Crippen LogP contribution in [0.1, 0.15) is 17.0 Å². The molecule has 2 aromatic heterocycles. The molecule has 4 rings (SSSR count). The number of anilines is 1. The summed E-state index contributed by atoms with van der Waals surface area (Å²) in [4.78, 5) is 0.232. The van der Waals surface area contributed by atoms with Crippen molar-refractivity contribution in [2.24, 2.45) is 0 Å². The summed E-state index contributed by atoms with van der Waals surface area (Å²) in [7, 11) is -3.58. The van der Waals surface area contributed by atoms with E-state index in [0.717, 1.165) is 11.1 Å². The molecule has 0 unspecified atom stereocenters. The molecule has 0 bridgehead atoms. The minimum absolute atomic E-state index is 0.182. The zero-order valence-electron chi connectivity index (χ0n) is 16.8. The first-order valence-electron chi connectivity index (χ1n) is 9.67. The van der Waals surface area contributed by atoms with E-state index in [4.69, 9.17) is 11.6 Å². The summed E-state index contributed by atoms with van der Waals surface area (Å²) in [5, 5.41) is 16.7. The van der Waals surface area contributed by atoms with Gasteiger partial charge in [-0.1, -0.05) is 41.4 Å². The Morgan fingerprint density at radius 3 is 2.45 bits per heavy atom. The van der Waals surface area contributed by atoms with Crippen LogP contribution in [0.15, 0.2) is 65.6 Å². The third kappa shape index (κ3) is 5.19. The monoisotopic (exact) mass is 456 g/mol. The zero-order chi connectivity index (χ0) is 21.8. The lowest BCUT2D eigenvalue weighted by Gasteiger charge is -2.08. The number of rotatable bonds is 8. The van der Waals surface area contributed by atoms with Gasteiger partial charge in [0.25, 0.3) is 0 Å². The summed E-state index contributed by atoms with van der Waals surface area (Å²) in [6, 6.07) is 17.9. The van der Waals surface area contributed by atoms with Gasteiger partial charge in [-0.3, -0.25) is 0 Å². The van der Waals surface area contributed by atoms with Crippen LogP contribution in [0.5, 0.6) is 0 Å². The molecule has 0 atom stereocenters. The van der Waals surface area contributed by atoms with Crippen molar-refractivity contribution < 1.29 is 8.42 Å². The Labute approximate surface area is 185 Å². The molecule has 0 fully saturated rings. The van der Waals surface area contributed by atoms with Crippen molar-refractivity contribution >= 4 is 33.1 Å². The highest BCUT2D eigenvalue weighted by Gasteiger charge is 2.14. The molecule has 0 aliphatic heterocycles. The van der Waals surface area contributed by atoms with E-state index in [9.17, 15) is 8.42 Å². The average molecular weight is 457 g/mol. The lowest BCUT2D eigenvalue weighted by Crippen LogP contribution is -2.26. The maximum absolute atomic E-state index is 12.4. The molecule has 0 saturated heterocycles. The lowest BCUT2D eigenvalue weighted by molar-refractivity contribution is 0.580. The molecule has 2 heterocycles. The second-order valence-electron chi connectivity index (χ2n) is 7.05. The Kier molecular flexibility index (Phi) is 6.17. The van der Waals surface area contributed by atoms with E-state index in [1.807, 2.05) is 43.3 Å². The van der Waals surface area contributed by atoms with Crippen molar-refractivity contribution in [3.8, 4) is 0 Å². The predicted octanol–water partition coefficient (Wildman–Crippen LogP) is 3.22. The van der Waals surface area contributed by atoms with Crippen molar-refractivity contribution in [3.63, 3.8) is 0 Å². The van der Waals surface area contributed by atoms with Crippen LogP contribution in [0.3, 0.4) is 0 Å². The first kappa shape index (κ1) is 21.2. The highest BCUT2D eigenvalue weighted by atomic mass is 35.5. The van der Waals surface area contributed by atoms with E-state index in [2.05, 4.69) is 25.3 Å². The van der Waals surface area contributed by atoms with Crippen LogP contribution in [-0.4, -0.2) is 34.8 Å². The Hall–Kier alpha value is -3.01. The highest BCUT2D eigenvalue weighted by molar-refractivity contribution is 7.89. The van der Waals surface area contributed by atoms with Crippen LogP contribution in [-0.2, 0) is 23.0 Å². The van der Waals surface area contributed by atoms with Gasteiger partial charge in [0.15, 0.2) is 11.5 Å². The van der Waals surface area contributed by atoms with Gasteiger partial charge in [-0.05, 0) is 48.9 Å². The van der Waals surface area contributed by atoms with Gasteiger partial charge in [-0.25, -0.2) is 13.1 Å². The summed E-state index contributed by atoms with van der Waals surface area (Å²) >= 11 is 5.92. The van der Waals surface area contributed by atoms with Crippen LogP contribution in [0.25, 0.3) is 5.65 Å². The molecular formula is C21H21ClN6O2S. The van der Waals surface area contributed by atoms with Gasteiger partial charge in [0.05, 0.1) is 4.90 Å². The first-order valence-corrected chi connectivity index (χ1v) is 11.5. The fourth-order valence-electron chi connectivity index (χ4n) is 2.98. The largest absolute Gasteiger partial charge is 0.365 e. The lowest BCUT2D eigenvalue weighted by atomic mass is 10.2. The third-order valence-corrected chi connectivity index (χ3v) is 6.42. The number of fused-ring (bicyclic) bond motifs is 1. The minimum atomic E-state index is -3.58. The van der Waals surface area contributed by atoms with Gasteiger partial charge in [0, 0.05) is 24.5 Å². The molecule has 0 amide bonds. The normalized spacial score (nSPS) is 11.7. The number of hydrogen-bond donors (Lipinski definition) is 2. The molecule has 0 aliphatic carbocycles. The maximum atomic E-state index is 12.4. The van der Waals surface area contributed by atoms with Gasteiger partial charge in [-0.15, -0.1) is 15.3 Å². The molecule has 2 N–H and O–H groups in total. The van der Waals surface area contributed by atoms with Crippen LogP contribution >= 0.6 is 11.6 Å². The number of aryl methyl sites for hydroxylation is 1. The molecule has 2 aromatic carbocycles. The molecule has 8 nitrogen and oxygen atoms in total. The van der Waals surface area contributed by atoms with E-state index >= 15 is 0 Å². The van der Waals surface area contributed by atoms with Gasteiger partial charge < -0.3 is 5.32 Å². The van der Waals surface area contributed by atoms with Crippen molar-refractivity contribution in [1.82, 2.24) is 24.5 Å². The Bertz CT molecular complexity index is 1290. The van der Waals surface area contributed by atoms with Crippen LogP contribution < -0.4 is 10.0 Å². The minimum Gasteiger partial charge on any atom is -0.365 e. The second-order valence-corrected chi connectivity index (χ2v) is 9.25. The predicted molar refractivity (Wildman–Crippen MR) is 120 cm³/mol. The zero-order valence-corrected chi connectivity index (χ0v) is 18.4. The molecule has 31 heavy (non-hydrogen) atoms. The smallest absolute Gasteiger partial charge is 0.240 e. The van der Waals surface area contributed by atoms with Gasteiger partial charge in [0.2, 0.25) is 10.0 Å². The maximum Gasteiger partial charge on any atom is 0.240 e. The average Bonchev–Trinajstić information content (AvgIpc) is 3.16. The number of nitrogens with one attached hydrogen (secondary N) is 2. The summed E-state index contributed by atoms with van der Waals surface area (Å²) in [5.74, 6) is 1.22. The van der Waals surface area contributed by atoms with Crippen LogP contribution in [0.2, 0.25) is 5.02 Å². The molecule has 0 aliphatic rings. The van der Waals surface area contributed by atoms with Crippen LogP contribution in [0.4, 0.5) is 5.82 Å². The molecule has 4 aromatic rings. The summed E-state index contributed by atoms with van der Waals surface area (Å²) in [6.45, 7) is 2.68. The Balaban J connectivity index is 1.41. The topological polar surface area (TPSA) is 101 Å². The molecule has 0 spiro atoms. The van der Waals surface area contributed by atoms with E-state index in [-0.39, 0.29) is 11.4 Å². The quantitative estimate of drug-likeness (QED) is 0.422. The van der Waals surface area contributed by atoms with Crippen molar-refractivity contribution in [1.29, 1.82) is 0 Å². The van der Waals surface area contributed by atoms with E-state index < -0.39 is 10.0 Å². The van der Waals surface area contributed by atoms with E-state index in [0.29, 0.717) is 35.3 Å². The van der Waals surface area contributed by atoms with E-state index in [1.165, 1.54) is 0 Å². The number of halogens is 1. The third-order valence-electron chi connectivity index (χ3n) is 4.69. The fourth-order valence-corrected chi connectivity index (χ4v) is 4.13. The summed E-state index contributed by atoms with van der Waals surface area (Å²) in [6.07, 6.45) is 0.347. The first-order chi connectivity index (χ1) is 14.9. The SMILES string of the molecule is Cc1ccc(S(=O)(=O)NCCc2nnc3ccc(NCc4ccc(Cl)cc4)nn23)cc1. The number of nitrogens with zero attached hydrogens (tertiary/aromatic N) is 4. The van der Waals surface area contributed by atoms with Gasteiger partial charge >= 0.3 is 0 Å². The highest BCUT2D eigenvalue weighted by Crippen LogP contribution is 2.13. The number of hydrogen-bond acceptors (Lipinski definition) is 6. The molecule has 160 valence electrons. The van der Waals surface area contributed by atoms with Crippen LogP contribution in [0, 0.1) is 6.92 Å². The fraction of sp³-hybridized carbons (Fsp3) is 0.190. The van der Waals surface area contributed by atoms with Gasteiger partial charge in [0.1, 0.15) is 5.82 Å². The van der Waals surface area contributed by atoms with Gasteiger partial charge in [-0.2, -0.15) is 4.52 Å². The number of benzene rings is 2. The molecule has 10 heteroatoms. The number of aromatic nitrogens is 4. The standard InChI is InChI=1S/C21H21ClN6O2S/c1-15-2-8-18(9-3-15)31(29,30)24-13-12-21-26-25-20-11-10-19(27-28(20)21)23-14-16-4-6-17(22)7-5-16/h2-11,24H,12-14H2,1H3,(H,23,27). The second kappa shape index (κ2) is 9.01. The summed E-state index contributed by atoms with van der Waals surface area (Å²) < 4.78 is 29.1. The number of sulfonamides is 1. The Morgan fingerprint density at radius 1 is 0.968 bits per heavy atom. The molecule has 0 saturated carbocycles. The molecular weight excluding hydrogens is 436 g/mol. The van der Waals surface area contributed by atoms with Crippen molar-refractivity contribution in [2.45, 2.75) is 24.8 Å².